The molecule has 1 aliphatic heterocycles. The fourth-order valence-electron chi connectivity index (χ4n) is 4.23. The fourth-order valence-corrected chi connectivity index (χ4v) is 4.23. The van der Waals surface area contributed by atoms with E-state index in [4.69, 9.17) is 14.2 Å². The van der Waals surface area contributed by atoms with Crippen LogP contribution in [-0.2, 0) is 13.1 Å². The molecule has 176 valence electrons. The second kappa shape index (κ2) is 11.2. The molecule has 1 N–H and O–H groups in total. The Hall–Kier alpha value is -2.81. The highest BCUT2D eigenvalue weighted by molar-refractivity contribution is 5.91. The zero-order chi connectivity index (χ0) is 23.1. The summed E-state index contributed by atoms with van der Waals surface area (Å²) in [6, 6.07) is 4.45. The van der Waals surface area contributed by atoms with E-state index in [0.717, 1.165) is 31.5 Å². The van der Waals surface area contributed by atoms with Crippen LogP contribution >= 0.6 is 0 Å². The second-order valence-corrected chi connectivity index (χ2v) is 8.40. The van der Waals surface area contributed by atoms with Gasteiger partial charge in [0.15, 0.2) is 17.2 Å². The normalized spacial score (nSPS) is 16.8. The molecule has 2 aromatic rings. The molecule has 9 nitrogen and oxygen atoms in total. The summed E-state index contributed by atoms with van der Waals surface area (Å²) < 4.78 is 18.4. The Labute approximate surface area is 190 Å². The zero-order valence-electron chi connectivity index (χ0n) is 19.8. The highest BCUT2D eigenvalue weighted by Gasteiger charge is 2.25. The number of carbonyl (C=O) groups is 1. The Balaban J connectivity index is 1.67. The largest absolute Gasteiger partial charge is 0.493 e. The first-order valence-corrected chi connectivity index (χ1v) is 11.2. The number of nitrogens with zero attached hydrogens (tertiary/aromatic N) is 4. The van der Waals surface area contributed by atoms with Crippen molar-refractivity contribution in [1.82, 2.24) is 25.2 Å². The summed E-state index contributed by atoms with van der Waals surface area (Å²) >= 11 is 0. The quantitative estimate of drug-likeness (QED) is 0.601. The van der Waals surface area contributed by atoms with Gasteiger partial charge in [-0.25, -0.2) is 0 Å². The zero-order valence-corrected chi connectivity index (χ0v) is 19.8. The lowest BCUT2D eigenvalue weighted by Crippen LogP contribution is -2.39. The van der Waals surface area contributed by atoms with Crippen molar-refractivity contribution in [3.05, 3.63) is 29.6 Å². The van der Waals surface area contributed by atoms with E-state index < -0.39 is 0 Å². The molecule has 0 saturated carbocycles. The molecule has 1 fully saturated rings. The summed E-state index contributed by atoms with van der Waals surface area (Å²) in [6.07, 6.45) is 6.18. The molecule has 0 aliphatic carbocycles. The summed E-state index contributed by atoms with van der Waals surface area (Å²) in [4.78, 5) is 14.6. The topological polar surface area (TPSA) is 90.7 Å². The van der Waals surface area contributed by atoms with Crippen molar-refractivity contribution >= 4 is 5.91 Å². The summed E-state index contributed by atoms with van der Waals surface area (Å²) in [7, 11) is 4.91. The minimum Gasteiger partial charge on any atom is -0.493 e. The fraction of sp³-hybridized carbons (Fsp3) is 0.609. The maximum atomic E-state index is 12.1. The van der Waals surface area contributed by atoms with E-state index >= 15 is 0 Å². The van der Waals surface area contributed by atoms with Crippen molar-refractivity contribution in [2.24, 2.45) is 0 Å². The minimum absolute atomic E-state index is 0.0667. The minimum atomic E-state index is -0.189. The van der Waals surface area contributed by atoms with E-state index in [9.17, 15) is 4.79 Å². The van der Waals surface area contributed by atoms with Gasteiger partial charge >= 0.3 is 0 Å². The van der Waals surface area contributed by atoms with Crippen LogP contribution in [0.2, 0.25) is 0 Å². The van der Waals surface area contributed by atoms with Gasteiger partial charge in [0.25, 0.3) is 5.91 Å². The van der Waals surface area contributed by atoms with E-state index in [0.29, 0.717) is 35.5 Å². The van der Waals surface area contributed by atoms with Crippen molar-refractivity contribution in [1.29, 1.82) is 0 Å². The average Bonchev–Trinajstić information content (AvgIpc) is 3.27. The Morgan fingerprint density at radius 2 is 1.94 bits per heavy atom. The van der Waals surface area contributed by atoms with Gasteiger partial charge in [0, 0.05) is 30.7 Å². The number of ether oxygens (including phenoxy) is 3. The smallest absolute Gasteiger partial charge is 0.273 e. The number of rotatable bonds is 10. The molecule has 32 heavy (non-hydrogen) atoms. The summed E-state index contributed by atoms with van der Waals surface area (Å²) in [5.41, 5.74) is 1.43. The van der Waals surface area contributed by atoms with E-state index in [2.05, 4.69) is 20.5 Å². The van der Waals surface area contributed by atoms with Crippen molar-refractivity contribution in [2.45, 2.75) is 64.7 Å². The predicted molar refractivity (Wildman–Crippen MR) is 121 cm³/mol. The van der Waals surface area contributed by atoms with Gasteiger partial charge in [-0.05, 0) is 45.7 Å². The van der Waals surface area contributed by atoms with Crippen molar-refractivity contribution in [3.8, 4) is 17.2 Å². The van der Waals surface area contributed by atoms with Gasteiger partial charge < -0.3 is 19.5 Å². The SMILES string of the molecule is COc1ccc(CN2CCCC[C@@H]2CCn2cc(C(=O)NC(C)C)nn2)c(OC)c1OC. The van der Waals surface area contributed by atoms with Crippen LogP contribution in [0.5, 0.6) is 17.2 Å². The van der Waals surface area contributed by atoms with Crippen LogP contribution in [0.15, 0.2) is 18.3 Å². The maximum absolute atomic E-state index is 12.1. The molecule has 0 bridgehead atoms. The number of amides is 1. The summed E-state index contributed by atoms with van der Waals surface area (Å²) in [5, 5.41) is 11.0. The molecule has 9 heteroatoms. The number of carbonyl (C=O) groups excluding carboxylic acids is 1. The van der Waals surface area contributed by atoms with Crippen LogP contribution in [0.25, 0.3) is 0 Å². The van der Waals surface area contributed by atoms with Gasteiger partial charge in [0.1, 0.15) is 0 Å². The third-order valence-corrected chi connectivity index (χ3v) is 5.79. The van der Waals surface area contributed by atoms with E-state index in [-0.39, 0.29) is 11.9 Å². The van der Waals surface area contributed by atoms with E-state index in [1.165, 1.54) is 12.8 Å². The van der Waals surface area contributed by atoms with Crippen LogP contribution in [0.1, 0.15) is 55.6 Å². The van der Waals surface area contributed by atoms with Crippen molar-refractivity contribution in [3.63, 3.8) is 0 Å². The number of benzene rings is 1. The van der Waals surface area contributed by atoms with Gasteiger partial charge in [-0.2, -0.15) is 0 Å². The Bertz CT molecular complexity index is 899. The number of methoxy groups -OCH3 is 3. The van der Waals surface area contributed by atoms with Gasteiger partial charge in [-0.1, -0.05) is 17.7 Å². The lowest BCUT2D eigenvalue weighted by Gasteiger charge is -2.36. The second-order valence-electron chi connectivity index (χ2n) is 8.40. The van der Waals surface area contributed by atoms with Gasteiger partial charge in [0.2, 0.25) is 5.75 Å². The lowest BCUT2D eigenvalue weighted by atomic mass is 9.98. The number of piperidine rings is 1. The molecule has 0 unspecified atom stereocenters. The first-order valence-electron chi connectivity index (χ1n) is 11.2. The third-order valence-electron chi connectivity index (χ3n) is 5.79. The van der Waals surface area contributed by atoms with Crippen molar-refractivity contribution in [2.75, 3.05) is 27.9 Å². The summed E-state index contributed by atoms with van der Waals surface area (Å²) in [6.45, 7) is 6.36. The van der Waals surface area contributed by atoms with Gasteiger partial charge in [-0.15, -0.1) is 5.10 Å². The maximum Gasteiger partial charge on any atom is 0.273 e. The number of aryl methyl sites for hydroxylation is 1. The number of nitrogens with one attached hydrogen (secondary N) is 1. The first kappa shape index (κ1) is 23.8. The molecule has 0 radical (unpaired) electrons. The van der Waals surface area contributed by atoms with Gasteiger partial charge in [-0.3, -0.25) is 14.4 Å². The monoisotopic (exact) mass is 445 g/mol. The third kappa shape index (κ3) is 5.70. The van der Waals surface area contributed by atoms with Crippen LogP contribution < -0.4 is 19.5 Å². The molecule has 1 aromatic carbocycles. The average molecular weight is 446 g/mol. The highest BCUT2D eigenvalue weighted by Crippen LogP contribution is 2.40. The molecule has 3 rings (SSSR count). The molecule has 1 atom stereocenters. The highest BCUT2D eigenvalue weighted by atomic mass is 16.5. The summed E-state index contributed by atoms with van der Waals surface area (Å²) in [5.74, 6) is 1.81. The Kier molecular flexibility index (Phi) is 8.33. The molecular formula is C23H35N5O4. The van der Waals surface area contributed by atoms with Crippen LogP contribution in [0, 0.1) is 0 Å². The number of aromatic nitrogens is 3. The van der Waals surface area contributed by atoms with E-state index in [1.807, 2.05) is 26.0 Å². The Morgan fingerprint density at radius 3 is 2.62 bits per heavy atom. The molecule has 0 spiro atoms. The van der Waals surface area contributed by atoms with Crippen molar-refractivity contribution < 1.29 is 19.0 Å². The van der Waals surface area contributed by atoms with Gasteiger partial charge in [0.05, 0.1) is 27.5 Å². The standard InChI is InChI=1S/C23H35N5O4/c1-16(2)24-23(29)19-15-28(26-25-19)13-11-18-8-6-7-12-27(18)14-17-9-10-20(30-3)22(32-5)21(17)31-4/h9-10,15-16,18H,6-8,11-14H2,1-5H3,(H,24,29)/t18-/m1/s1. The molecule has 1 aromatic heterocycles. The molecule has 1 amide bonds. The van der Waals surface area contributed by atoms with Crippen LogP contribution in [0.3, 0.4) is 0 Å². The van der Waals surface area contributed by atoms with Crippen LogP contribution in [-0.4, -0.2) is 65.8 Å². The van der Waals surface area contributed by atoms with Crippen LogP contribution in [0.4, 0.5) is 0 Å². The Morgan fingerprint density at radius 1 is 1.16 bits per heavy atom. The number of likely N-dealkylation sites (tertiary alicyclic amines) is 1. The number of hydrogen-bond donors (Lipinski definition) is 1. The lowest BCUT2D eigenvalue weighted by molar-refractivity contribution is 0.0938. The molecule has 1 aliphatic rings. The first-order chi connectivity index (χ1) is 15.5. The number of hydrogen-bond acceptors (Lipinski definition) is 7. The molecule has 2 heterocycles. The van der Waals surface area contributed by atoms with E-state index in [1.54, 1.807) is 32.2 Å². The molecule has 1 saturated heterocycles. The molecular weight excluding hydrogens is 410 g/mol. The predicted octanol–water partition coefficient (Wildman–Crippen LogP) is 2.89.